The zero-order valence-electron chi connectivity index (χ0n) is 9.70. The average molecular weight is 245 g/mol. The quantitative estimate of drug-likeness (QED) is 0.883. The van der Waals surface area contributed by atoms with Gasteiger partial charge in [0.05, 0.1) is 11.8 Å². The van der Waals surface area contributed by atoms with Crippen molar-refractivity contribution in [2.24, 2.45) is 5.92 Å². The summed E-state index contributed by atoms with van der Waals surface area (Å²) in [5.74, 6) is -0.545. The minimum atomic E-state index is -0.812. The van der Waals surface area contributed by atoms with Gasteiger partial charge in [0.25, 0.3) is 0 Å². The minimum absolute atomic E-state index is 0.145. The molecule has 0 amide bonds. The number of carboxylic acids is 1. The third-order valence-corrected chi connectivity index (χ3v) is 3.01. The van der Waals surface area contributed by atoms with Crippen LogP contribution >= 0.6 is 0 Å². The lowest BCUT2D eigenvalue weighted by atomic mass is 10.2. The summed E-state index contributed by atoms with van der Waals surface area (Å²) in [5.41, 5.74) is 1.69. The number of aryl methyl sites for hydroxylation is 1. The fourth-order valence-corrected chi connectivity index (χ4v) is 1.89. The predicted molar refractivity (Wildman–Crippen MR) is 60.7 cm³/mol. The molecule has 1 fully saturated rings. The molecule has 0 saturated heterocycles. The number of hydrogen-bond acceptors (Lipinski definition) is 5. The lowest BCUT2D eigenvalue weighted by Gasteiger charge is -1.94. The number of pyridine rings is 1. The van der Waals surface area contributed by atoms with Gasteiger partial charge in [0, 0.05) is 6.20 Å². The van der Waals surface area contributed by atoms with E-state index in [0.717, 1.165) is 5.56 Å². The van der Waals surface area contributed by atoms with Crippen LogP contribution in [0.3, 0.4) is 0 Å². The smallest absolute Gasteiger partial charge is 0.307 e. The molecular formula is C12H11N3O3. The summed E-state index contributed by atoms with van der Waals surface area (Å²) in [5, 5.41) is 12.7. The Balaban J connectivity index is 1.84. The van der Waals surface area contributed by atoms with E-state index in [4.69, 9.17) is 9.63 Å². The topological polar surface area (TPSA) is 89.1 Å². The van der Waals surface area contributed by atoms with Crippen LogP contribution in [0.25, 0.3) is 11.5 Å². The maximum atomic E-state index is 10.8. The van der Waals surface area contributed by atoms with E-state index in [1.165, 1.54) is 0 Å². The molecule has 2 aromatic rings. The monoisotopic (exact) mass is 245 g/mol. The molecule has 0 radical (unpaired) electrons. The van der Waals surface area contributed by atoms with Crippen molar-refractivity contribution in [2.75, 3.05) is 0 Å². The molecule has 1 N–H and O–H groups in total. The molecule has 92 valence electrons. The zero-order valence-corrected chi connectivity index (χ0v) is 9.70. The van der Waals surface area contributed by atoms with Crippen molar-refractivity contribution in [3.63, 3.8) is 0 Å². The second kappa shape index (κ2) is 3.90. The van der Waals surface area contributed by atoms with Crippen molar-refractivity contribution in [1.29, 1.82) is 0 Å². The largest absolute Gasteiger partial charge is 0.481 e. The Hall–Kier alpha value is -2.24. The van der Waals surface area contributed by atoms with Gasteiger partial charge in [-0.2, -0.15) is 4.98 Å². The maximum absolute atomic E-state index is 10.8. The van der Waals surface area contributed by atoms with Crippen LogP contribution in [-0.2, 0) is 4.79 Å². The number of aromatic nitrogens is 3. The summed E-state index contributed by atoms with van der Waals surface area (Å²) in [6, 6.07) is 3.74. The van der Waals surface area contributed by atoms with Crippen molar-refractivity contribution >= 4 is 5.97 Å². The van der Waals surface area contributed by atoms with E-state index < -0.39 is 5.97 Å². The molecule has 0 aromatic carbocycles. The Kier molecular flexibility index (Phi) is 2.36. The van der Waals surface area contributed by atoms with Crippen LogP contribution in [0, 0.1) is 12.8 Å². The molecule has 0 spiro atoms. The van der Waals surface area contributed by atoms with Gasteiger partial charge in [0.2, 0.25) is 11.7 Å². The fourth-order valence-electron chi connectivity index (χ4n) is 1.89. The lowest BCUT2D eigenvalue weighted by molar-refractivity contribution is -0.138. The van der Waals surface area contributed by atoms with E-state index in [1.807, 2.05) is 19.1 Å². The standard InChI is InChI=1S/C12H11N3O3/c1-6-2-3-13-9(4-6)10-14-11(18-15-10)7-5-8(7)12(16)17/h2-4,7-8H,5H2,1H3,(H,16,17). The van der Waals surface area contributed by atoms with Gasteiger partial charge in [0.15, 0.2) is 0 Å². The van der Waals surface area contributed by atoms with E-state index >= 15 is 0 Å². The molecule has 2 atom stereocenters. The predicted octanol–water partition coefficient (Wildman–Crippen LogP) is 1.63. The number of aliphatic carboxylic acids is 1. The Morgan fingerprint density at radius 2 is 2.39 bits per heavy atom. The molecular weight excluding hydrogens is 234 g/mol. The van der Waals surface area contributed by atoms with Crippen molar-refractivity contribution in [1.82, 2.24) is 15.1 Å². The van der Waals surface area contributed by atoms with E-state index in [-0.39, 0.29) is 11.8 Å². The normalized spacial score (nSPS) is 21.8. The molecule has 1 saturated carbocycles. The maximum Gasteiger partial charge on any atom is 0.307 e. The van der Waals surface area contributed by atoms with Gasteiger partial charge in [-0.3, -0.25) is 9.78 Å². The van der Waals surface area contributed by atoms with Crippen molar-refractivity contribution in [3.8, 4) is 11.5 Å². The highest BCUT2D eigenvalue weighted by Crippen LogP contribution is 2.47. The Morgan fingerprint density at radius 3 is 3.06 bits per heavy atom. The van der Waals surface area contributed by atoms with Crippen LogP contribution in [0.15, 0.2) is 22.9 Å². The third-order valence-electron chi connectivity index (χ3n) is 3.01. The Bertz CT molecular complexity index is 608. The second-order valence-electron chi connectivity index (χ2n) is 4.46. The van der Waals surface area contributed by atoms with Crippen LogP contribution < -0.4 is 0 Å². The van der Waals surface area contributed by atoms with Gasteiger partial charge in [-0.15, -0.1) is 0 Å². The summed E-state index contributed by atoms with van der Waals surface area (Å²) in [4.78, 5) is 19.1. The van der Waals surface area contributed by atoms with Gasteiger partial charge < -0.3 is 9.63 Å². The highest BCUT2D eigenvalue weighted by Gasteiger charge is 2.48. The summed E-state index contributed by atoms with van der Waals surface area (Å²) in [6.45, 7) is 1.95. The van der Waals surface area contributed by atoms with Crippen LogP contribution in [0.2, 0.25) is 0 Å². The van der Waals surface area contributed by atoms with Gasteiger partial charge in [0.1, 0.15) is 5.69 Å². The molecule has 2 unspecified atom stereocenters. The van der Waals surface area contributed by atoms with Crippen molar-refractivity contribution in [3.05, 3.63) is 29.8 Å². The van der Waals surface area contributed by atoms with Gasteiger partial charge in [-0.05, 0) is 31.0 Å². The number of rotatable bonds is 3. The third kappa shape index (κ3) is 1.85. The summed E-state index contributed by atoms with van der Waals surface area (Å²) in [6.07, 6.45) is 2.25. The van der Waals surface area contributed by atoms with Crippen LogP contribution in [0.4, 0.5) is 0 Å². The van der Waals surface area contributed by atoms with Crippen molar-refractivity contribution in [2.45, 2.75) is 19.3 Å². The molecule has 1 aliphatic carbocycles. The number of carbonyl (C=O) groups is 1. The average Bonchev–Trinajstić information content (AvgIpc) is 3.00. The summed E-state index contributed by atoms with van der Waals surface area (Å²) in [7, 11) is 0. The molecule has 2 heterocycles. The first-order chi connectivity index (χ1) is 8.65. The zero-order chi connectivity index (χ0) is 12.7. The molecule has 0 aliphatic heterocycles. The minimum Gasteiger partial charge on any atom is -0.481 e. The molecule has 18 heavy (non-hydrogen) atoms. The molecule has 3 rings (SSSR count). The highest BCUT2D eigenvalue weighted by atomic mass is 16.5. The number of hydrogen-bond donors (Lipinski definition) is 1. The summed E-state index contributed by atoms with van der Waals surface area (Å²) >= 11 is 0. The Morgan fingerprint density at radius 1 is 1.56 bits per heavy atom. The molecule has 0 bridgehead atoms. The first-order valence-electron chi connectivity index (χ1n) is 5.64. The second-order valence-corrected chi connectivity index (χ2v) is 4.46. The fraction of sp³-hybridized carbons (Fsp3) is 0.333. The lowest BCUT2D eigenvalue weighted by Crippen LogP contribution is -1.99. The van der Waals surface area contributed by atoms with Crippen LogP contribution in [0.5, 0.6) is 0 Å². The first-order valence-corrected chi connectivity index (χ1v) is 5.64. The van der Waals surface area contributed by atoms with Gasteiger partial charge in [-0.25, -0.2) is 0 Å². The van der Waals surface area contributed by atoms with Crippen molar-refractivity contribution < 1.29 is 14.4 Å². The first kappa shape index (κ1) is 10.9. The number of carboxylic acid groups (broad SMARTS) is 1. The summed E-state index contributed by atoms with van der Waals surface area (Å²) < 4.78 is 5.10. The van der Waals surface area contributed by atoms with E-state index in [0.29, 0.717) is 23.8 Å². The van der Waals surface area contributed by atoms with E-state index in [9.17, 15) is 4.79 Å². The van der Waals surface area contributed by atoms with E-state index in [2.05, 4.69) is 15.1 Å². The molecule has 2 aromatic heterocycles. The molecule has 1 aliphatic rings. The van der Waals surface area contributed by atoms with E-state index in [1.54, 1.807) is 6.20 Å². The van der Waals surface area contributed by atoms with Crippen LogP contribution in [-0.4, -0.2) is 26.2 Å². The van der Waals surface area contributed by atoms with Gasteiger partial charge in [-0.1, -0.05) is 5.16 Å². The number of nitrogens with zero attached hydrogens (tertiary/aromatic N) is 3. The molecule has 6 nitrogen and oxygen atoms in total. The molecule has 6 heteroatoms. The van der Waals surface area contributed by atoms with Gasteiger partial charge >= 0.3 is 5.97 Å². The Labute approximate surface area is 103 Å². The SMILES string of the molecule is Cc1ccnc(-c2noc(C3CC3C(=O)O)n2)c1. The highest BCUT2D eigenvalue weighted by molar-refractivity contribution is 5.74. The van der Waals surface area contributed by atoms with Crippen LogP contribution in [0.1, 0.15) is 23.8 Å².